The summed E-state index contributed by atoms with van der Waals surface area (Å²) >= 11 is 0. The minimum atomic E-state index is -0.388. The maximum atomic E-state index is 12.3. The average molecular weight is 281 g/mol. The standard InChI is InChI=1S/C15H27N3O2/c1-11(2)13(16)14(20)17-7-4-15(5-8-17)6-9-18(10-15)12(3)19/h11,13H,4-10,16H2,1-3H3/t13-/m0/s1. The fourth-order valence-electron chi connectivity index (χ4n) is 3.31. The molecule has 2 saturated heterocycles. The van der Waals surface area contributed by atoms with Gasteiger partial charge >= 0.3 is 0 Å². The Morgan fingerprint density at radius 3 is 1.95 bits per heavy atom. The normalized spacial score (nSPS) is 23.4. The van der Waals surface area contributed by atoms with Crippen LogP contribution in [0.1, 0.15) is 40.0 Å². The van der Waals surface area contributed by atoms with E-state index >= 15 is 0 Å². The minimum absolute atomic E-state index is 0.0799. The fourth-order valence-corrected chi connectivity index (χ4v) is 3.31. The second-order valence-corrected chi connectivity index (χ2v) is 6.79. The number of piperidine rings is 1. The molecule has 0 saturated carbocycles. The van der Waals surface area contributed by atoms with Crippen molar-refractivity contribution in [1.82, 2.24) is 9.80 Å². The second-order valence-electron chi connectivity index (χ2n) is 6.79. The highest BCUT2D eigenvalue weighted by atomic mass is 16.2. The maximum Gasteiger partial charge on any atom is 0.239 e. The van der Waals surface area contributed by atoms with Crippen LogP contribution in [0.15, 0.2) is 0 Å². The van der Waals surface area contributed by atoms with E-state index in [4.69, 9.17) is 5.73 Å². The van der Waals surface area contributed by atoms with Crippen molar-refractivity contribution in [3.63, 3.8) is 0 Å². The first-order valence-corrected chi connectivity index (χ1v) is 7.64. The van der Waals surface area contributed by atoms with Gasteiger partial charge in [-0.15, -0.1) is 0 Å². The third-order valence-electron chi connectivity index (χ3n) is 5.02. The van der Waals surface area contributed by atoms with Gasteiger partial charge in [-0.05, 0) is 30.6 Å². The van der Waals surface area contributed by atoms with Gasteiger partial charge in [-0.25, -0.2) is 0 Å². The summed E-state index contributed by atoms with van der Waals surface area (Å²) in [6.45, 7) is 8.90. The van der Waals surface area contributed by atoms with Crippen molar-refractivity contribution >= 4 is 11.8 Å². The van der Waals surface area contributed by atoms with E-state index in [1.165, 1.54) is 0 Å². The first-order chi connectivity index (χ1) is 9.34. The Balaban J connectivity index is 1.90. The van der Waals surface area contributed by atoms with Gasteiger partial charge in [0.25, 0.3) is 0 Å². The molecule has 0 aromatic carbocycles. The number of likely N-dealkylation sites (tertiary alicyclic amines) is 2. The Hall–Kier alpha value is -1.10. The second kappa shape index (κ2) is 5.72. The number of rotatable bonds is 2. The summed E-state index contributed by atoms with van der Waals surface area (Å²) in [5, 5.41) is 0. The number of hydrogen-bond acceptors (Lipinski definition) is 3. The molecule has 1 atom stereocenters. The third kappa shape index (κ3) is 2.97. The number of carbonyl (C=O) groups is 2. The Bertz CT molecular complexity index is 387. The summed E-state index contributed by atoms with van der Waals surface area (Å²) in [4.78, 5) is 27.6. The van der Waals surface area contributed by atoms with Crippen LogP contribution in [-0.2, 0) is 9.59 Å². The van der Waals surface area contributed by atoms with Gasteiger partial charge in [-0.1, -0.05) is 13.8 Å². The molecule has 0 aromatic rings. The molecule has 1 spiro atoms. The molecule has 2 N–H and O–H groups in total. The Morgan fingerprint density at radius 1 is 1.05 bits per heavy atom. The maximum absolute atomic E-state index is 12.3. The quantitative estimate of drug-likeness (QED) is 0.815. The van der Waals surface area contributed by atoms with E-state index in [2.05, 4.69) is 0 Å². The largest absolute Gasteiger partial charge is 0.342 e. The molecule has 0 aliphatic carbocycles. The SMILES string of the molecule is CC(=O)N1CCC2(CCN(C(=O)[C@@H](N)C(C)C)CC2)C1. The number of hydrogen-bond donors (Lipinski definition) is 1. The van der Waals surface area contributed by atoms with Crippen LogP contribution in [-0.4, -0.2) is 53.8 Å². The molecule has 2 heterocycles. The third-order valence-corrected chi connectivity index (χ3v) is 5.02. The fraction of sp³-hybridized carbons (Fsp3) is 0.867. The van der Waals surface area contributed by atoms with Crippen LogP contribution in [0.4, 0.5) is 0 Å². The van der Waals surface area contributed by atoms with Crippen LogP contribution in [0, 0.1) is 11.3 Å². The van der Waals surface area contributed by atoms with Gasteiger partial charge in [0.1, 0.15) is 0 Å². The molecule has 2 amide bonds. The number of nitrogens with two attached hydrogens (primary N) is 1. The molecule has 2 fully saturated rings. The lowest BCUT2D eigenvalue weighted by molar-refractivity contribution is -0.136. The molecule has 0 aromatic heterocycles. The van der Waals surface area contributed by atoms with Crippen LogP contribution in [0.3, 0.4) is 0 Å². The van der Waals surface area contributed by atoms with Gasteiger partial charge in [-0.3, -0.25) is 9.59 Å². The highest BCUT2D eigenvalue weighted by Gasteiger charge is 2.42. The van der Waals surface area contributed by atoms with Gasteiger partial charge in [0, 0.05) is 33.1 Å². The zero-order chi connectivity index (χ0) is 14.9. The van der Waals surface area contributed by atoms with E-state index in [0.29, 0.717) is 0 Å². The number of amides is 2. The van der Waals surface area contributed by atoms with Crippen molar-refractivity contribution in [3.8, 4) is 0 Å². The summed E-state index contributed by atoms with van der Waals surface area (Å²) < 4.78 is 0. The molecule has 2 rings (SSSR count). The predicted octanol–water partition coefficient (Wildman–Crippen LogP) is 0.831. The van der Waals surface area contributed by atoms with E-state index in [9.17, 15) is 9.59 Å². The highest BCUT2D eigenvalue weighted by molar-refractivity contribution is 5.82. The minimum Gasteiger partial charge on any atom is -0.342 e. The van der Waals surface area contributed by atoms with Gasteiger partial charge in [0.15, 0.2) is 0 Å². The van der Waals surface area contributed by atoms with Crippen molar-refractivity contribution in [2.24, 2.45) is 17.1 Å². The zero-order valence-corrected chi connectivity index (χ0v) is 12.9. The number of nitrogens with zero attached hydrogens (tertiary/aromatic N) is 2. The van der Waals surface area contributed by atoms with Crippen LogP contribution < -0.4 is 5.73 Å². The van der Waals surface area contributed by atoms with Crippen LogP contribution >= 0.6 is 0 Å². The van der Waals surface area contributed by atoms with Crippen LogP contribution in [0.25, 0.3) is 0 Å². The molecule has 0 radical (unpaired) electrons. The van der Waals surface area contributed by atoms with Gasteiger partial charge in [0.05, 0.1) is 6.04 Å². The van der Waals surface area contributed by atoms with Crippen molar-refractivity contribution in [2.75, 3.05) is 26.2 Å². The molecule has 5 heteroatoms. The van der Waals surface area contributed by atoms with E-state index in [1.807, 2.05) is 23.6 Å². The Kier molecular flexibility index (Phi) is 4.37. The molecule has 5 nitrogen and oxygen atoms in total. The summed E-state index contributed by atoms with van der Waals surface area (Å²) in [7, 11) is 0. The topological polar surface area (TPSA) is 66.6 Å². The Morgan fingerprint density at radius 2 is 1.55 bits per heavy atom. The lowest BCUT2D eigenvalue weighted by Crippen LogP contribution is -2.51. The number of carbonyl (C=O) groups excluding carboxylic acids is 2. The molecule has 2 aliphatic heterocycles. The monoisotopic (exact) mass is 281 g/mol. The summed E-state index contributed by atoms with van der Waals surface area (Å²) in [6.07, 6.45) is 3.06. The van der Waals surface area contributed by atoms with Crippen molar-refractivity contribution in [2.45, 2.75) is 46.1 Å². The summed E-state index contributed by atoms with van der Waals surface area (Å²) in [5.41, 5.74) is 6.19. The lowest BCUT2D eigenvalue weighted by atomic mass is 9.77. The summed E-state index contributed by atoms with van der Waals surface area (Å²) in [5.74, 6) is 0.427. The molecular formula is C15H27N3O2. The van der Waals surface area contributed by atoms with Crippen molar-refractivity contribution in [1.29, 1.82) is 0 Å². The van der Waals surface area contributed by atoms with Crippen LogP contribution in [0.5, 0.6) is 0 Å². The molecule has 20 heavy (non-hydrogen) atoms. The molecule has 0 unspecified atom stereocenters. The average Bonchev–Trinajstić information content (AvgIpc) is 2.82. The van der Waals surface area contributed by atoms with Crippen molar-refractivity contribution in [3.05, 3.63) is 0 Å². The molecular weight excluding hydrogens is 254 g/mol. The molecule has 114 valence electrons. The van der Waals surface area contributed by atoms with Crippen LogP contribution in [0.2, 0.25) is 0 Å². The Labute approximate surface area is 121 Å². The van der Waals surface area contributed by atoms with Crippen molar-refractivity contribution < 1.29 is 9.59 Å². The van der Waals surface area contributed by atoms with Gasteiger partial charge < -0.3 is 15.5 Å². The van der Waals surface area contributed by atoms with E-state index < -0.39 is 0 Å². The lowest BCUT2D eigenvalue weighted by Gasteiger charge is -2.40. The first-order valence-electron chi connectivity index (χ1n) is 7.64. The van der Waals surface area contributed by atoms with E-state index in [1.54, 1.807) is 6.92 Å². The predicted molar refractivity (Wildman–Crippen MR) is 77.9 cm³/mol. The van der Waals surface area contributed by atoms with E-state index in [0.717, 1.165) is 45.4 Å². The molecule has 2 aliphatic rings. The van der Waals surface area contributed by atoms with E-state index in [-0.39, 0.29) is 29.2 Å². The first kappa shape index (κ1) is 15.3. The van der Waals surface area contributed by atoms with Gasteiger partial charge in [-0.2, -0.15) is 0 Å². The summed E-state index contributed by atoms with van der Waals surface area (Å²) in [6, 6.07) is -0.388. The zero-order valence-electron chi connectivity index (χ0n) is 12.9. The smallest absolute Gasteiger partial charge is 0.239 e. The highest BCUT2D eigenvalue weighted by Crippen LogP contribution is 2.40. The van der Waals surface area contributed by atoms with Gasteiger partial charge in [0.2, 0.25) is 11.8 Å². The molecule has 0 bridgehead atoms.